The minimum Gasteiger partial charge on any atom is -0.381 e. The Balaban J connectivity index is 2.11. The molecular weight excluding hydrogens is 252 g/mol. The third-order valence-electron chi connectivity index (χ3n) is 3.27. The van der Waals surface area contributed by atoms with Gasteiger partial charge in [0.1, 0.15) is 5.54 Å². The summed E-state index contributed by atoms with van der Waals surface area (Å²) in [6.45, 7) is 2.96. The summed E-state index contributed by atoms with van der Waals surface area (Å²) in [7, 11) is 0. The summed E-state index contributed by atoms with van der Waals surface area (Å²) < 4.78 is 5.23. The molecular formula is C13H17ClN2O2. The molecule has 1 aliphatic rings. The van der Waals surface area contributed by atoms with E-state index in [1.807, 2.05) is 13.0 Å². The van der Waals surface area contributed by atoms with Crippen LogP contribution in [-0.2, 0) is 9.53 Å². The zero-order valence-electron chi connectivity index (χ0n) is 10.3. The highest BCUT2D eigenvalue weighted by molar-refractivity contribution is 6.30. The Morgan fingerprint density at radius 1 is 1.44 bits per heavy atom. The van der Waals surface area contributed by atoms with E-state index >= 15 is 0 Å². The normalized spacial score (nSPS) is 18.4. The average Bonchev–Trinajstić information content (AvgIpc) is 2.33. The maximum atomic E-state index is 12.2. The molecule has 0 saturated carbocycles. The average molecular weight is 269 g/mol. The van der Waals surface area contributed by atoms with Crippen molar-refractivity contribution in [2.75, 3.05) is 18.5 Å². The zero-order valence-corrected chi connectivity index (χ0v) is 11.1. The highest BCUT2D eigenvalue weighted by Gasteiger charge is 2.36. The number of carbonyl (C=O) groups excluding carboxylic acids is 1. The van der Waals surface area contributed by atoms with Gasteiger partial charge in [-0.25, -0.2) is 0 Å². The van der Waals surface area contributed by atoms with Crippen molar-refractivity contribution in [2.24, 2.45) is 5.73 Å². The Morgan fingerprint density at radius 2 is 2.11 bits per heavy atom. The molecule has 0 unspecified atom stereocenters. The van der Waals surface area contributed by atoms with Crippen LogP contribution < -0.4 is 11.1 Å². The number of hydrogen-bond acceptors (Lipinski definition) is 3. The molecule has 0 atom stereocenters. The van der Waals surface area contributed by atoms with Crippen LogP contribution in [0.2, 0.25) is 5.02 Å². The number of ether oxygens (including phenoxy) is 1. The van der Waals surface area contributed by atoms with Gasteiger partial charge < -0.3 is 15.8 Å². The molecule has 3 N–H and O–H groups in total. The Hall–Kier alpha value is -1.10. The molecule has 1 aliphatic heterocycles. The summed E-state index contributed by atoms with van der Waals surface area (Å²) in [4.78, 5) is 12.2. The van der Waals surface area contributed by atoms with E-state index in [0.29, 0.717) is 31.1 Å². The van der Waals surface area contributed by atoms with Crippen LogP contribution in [0.5, 0.6) is 0 Å². The summed E-state index contributed by atoms with van der Waals surface area (Å²) in [6, 6.07) is 5.35. The number of carbonyl (C=O) groups is 1. The van der Waals surface area contributed by atoms with E-state index in [4.69, 9.17) is 22.1 Å². The van der Waals surface area contributed by atoms with E-state index in [0.717, 1.165) is 11.3 Å². The highest BCUT2D eigenvalue weighted by atomic mass is 35.5. The molecule has 1 amide bonds. The van der Waals surface area contributed by atoms with Gasteiger partial charge in [0.05, 0.1) is 0 Å². The molecule has 0 bridgehead atoms. The molecule has 0 radical (unpaired) electrons. The van der Waals surface area contributed by atoms with E-state index in [1.54, 1.807) is 12.1 Å². The molecule has 1 aromatic rings. The van der Waals surface area contributed by atoms with Crippen LogP contribution in [0.15, 0.2) is 18.2 Å². The molecule has 0 aromatic heterocycles. The van der Waals surface area contributed by atoms with Gasteiger partial charge in [-0.3, -0.25) is 4.79 Å². The van der Waals surface area contributed by atoms with Gasteiger partial charge in [0.2, 0.25) is 5.91 Å². The van der Waals surface area contributed by atoms with E-state index in [1.165, 1.54) is 0 Å². The first-order chi connectivity index (χ1) is 8.51. The van der Waals surface area contributed by atoms with E-state index in [2.05, 4.69) is 5.32 Å². The van der Waals surface area contributed by atoms with Crippen LogP contribution in [0, 0.1) is 6.92 Å². The monoisotopic (exact) mass is 268 g/mol. The predicted molar refractivity (Wildman–Crippen MR) is 71.8 cm³/mol. The summed E-state index contributed by atoms with van der Waals surface area (Å²) in [5.41, 5.74) is 6.96. The lowest BCUT2D eigenvalue weighted by Gasteiger charge is -2.31. The number of amides is 1. The van der Waals surface area contributed by atoms with Gasteiger partial charge in [0, 0.05) is 23.9 Å². The Kier molecular flexibility index (Phi) is 3.90. The van der Waals surface area contributed by atoms with Crippen LogP contribution in [0.4, 0.5) is 5.69 Å². The maximum Gasteiger partial charge on any atom is 0.244 e. The molecule has 98 valence electrons. The first-order valence-corrected chi connectivity index (χ1v) is 6.33. The summed E-state index contributed by atoms with van der Waals surface area (Å²) in [6.07, 6.45) is 1.09. The molecule has 1 aromatic carbocycles. The summed E-state index contributed by atoms with van der Waals surface area (Å²) in [5.74, 6) is -0.156. The molecule has 0 aliphatic carbocycles. The van der Waals surface area contributed by atoms with Crippen LogP contribution in [0.25, 0.3) is 0 Å². The molecule has 1 saturated heterocycles. The number of anilines is 1. The van der Waals surface area contributed by atoms with Crippen molar-refractivity contribution in [2.45, 2.75) is 25.3 Å². The topological polar surface area (TPSA) is 64.4 Å². The third-order valence-corrected chi connectivity index (χ3v) is 3.51. The lowest BCUT2D eigenvalue weighted by molar-refractivity contribution is -0.124. The minimum absolute atomic E-state index is 0.156. The van der Waals surface area contributed by atoms with E-state index in [-0.39, 0.29) is 5.91 Å². The third kappa shape index (κ3) is 2.83. The molecule has 4 nitrogen and oxygen atoms in total. The lowest BCUT2D eigenvalue weighted by atomic mass is 9.90. The largest absolute Gasteiger partial charge is 0.381 e. The number of nitrogens with one attached hydrogen (secondary N) is 1. The SMILES string of the molecule is Cc1cc(Cl)ccc1NC(=O)C1(N)CCOCC1. The van der Waals surface area contributed by atoms with Gasteiger partial charge in [0.25, 0.3) is 0 Å². The fourth-order valence-corrected chi connectivity index (χ4v) is 2.20. The number of aryl methyl sites for hydroxylation is 1. The second-order valence-electron chi connectivity index (χ2n) is 4.68. The van der Waals surface area contributed by atoms with Gasteiger partial charge >= 0.3 is 0 Å². The number of rotatable bonds is 2. The van der Waals surface area contributed by atoms with E-state index in [9.17, 15) is 4.79 Å². The Morgan fingerprint density at radius 3 is 2.72 bits per heavy atom. The minimum atomic E-state index is -0.829. The number of benzene rings is 1. The van der Waals surface area contributed by atoms with Crippen LogP contribution in [0.1, 0.15) is 18.4 Å². The van der Waals surface area contributed by atoms with Crippen molar-refractivity contribution in [1.82, 2.24) is 0 Å². The van der Waals surface area contributed by atoms with Crippen molar-refractivity contribution < 1.29 is 9.53 Å². The number of nitrogens with two attached hydrogens (primary N) is 1. The first kappa shape index (κ1) is 13.3. The molecule has 1 fully saturated rings. The van der Waals surface area contributed by atoms with Gasteiger partial charge in [0.15, 0.2) is 0 Å². The maximum absolute atomic E-state index is 12.2. The second kappa shape index (κ2) is 5.26. The van der Waals surface area contributed by atoms with Gasteiger partial charge in [-0.2, -0.15) is 0 Å². The molecule has 5 heteroatoms. The van der Waals surface area contributed by atoms with Gasteiger partial charge in [-0.15, -0.1) is 0 Å². The fraction of sp³-hybridized carbons (Fsp3) is 0.462. The Bertz CT molecular complexity index is 456. The lowest BCUT2D eigenvalue weighted by Crippen LogP contribution is -2.54. The van der Waals surface area contributed by atoms with Crippen molar-refractivity contribution >= 4 is 23.2 Å². The van der Waals surface area contributed by atoms with Gasteiger partial charge in [-0.1, -0.05) is 11.6 Å². The molecule has 18 heavy (non-hydrogen) atoms. The summed E-state index contributed by atoms with van der Waals surface area (Å²) >= 11 is 5.88. The second-order valence-corrected chi connectivity index (χ2v) is 5.12. The van der Waals surface area contributed by atoms with E-state index < -0.39 is 5.54 Å². The first-order valence-electron chi connectivity index (χ1n) is 5.95. The highest BCUT2D eigenvalue weighted by Crippen LogP contribution is 2.23. The molecule has 1 heterocycles. The van der Waals surface area contributed by atoms with Crippen molar-refractivity contribution in [3.63, 3.8) is 0 Å². The summed E-state index contributed by atoms with van der Waals surface area (Å²) in [5, 5.41) is 3.52. The number of hydrogen-bond donors (Lipinski definition) is 2. The smallest absolute Gasteiger partial charge is 0.244 e. The van der Waals surface area contributed by atoms with Crippen LogP contribution in [-0.4, -0.2) is 24.7 Å². The number of halogens is 1. The quantitative estimate of drug-likeness (QED) is 0.863. The molecule has 0 spiro atoms. The zero-order chi connectivity index (χ0) is 13.2. The van der Waals surface area contributed by atoms with Crippen molar-refractivity contribution in [1.29, 1.82) is 0 Å². The molecule has 2 rings (SSSR count). The standard InChI is InChI=1S/C13H17ClN2O2/c1-9-8-10(14)2-3-11(9)16-12(17)13(15)4-6-18-7-5-13/h2-3,8H,4-7,15H2,1H3,(H,16,17). The Labute approximate surface area is 111 Å². The predicted octanol–water partition coefficient (Wildman–Crippen LogP) is 2.09. The van der Waals surface area contributed by atoms with Crippen LogP contribution >= 0.6 is 11.6 Å². The van der Waals surface area contributed by atoms with Crippen molar-refractivity contribution in [3.8, 4) is 0 Å². The van der Waals surface area contributed by atoms with Crippen molar-refractivity contribution in [3.05, 3.63) is 28.8 Å². The fourth-order valence-electron chi connectivity index (χ4n) is 1.98. The van der Waals surface area contributed by atoms with Gasteiger partial charge in [-0.05, 0) is 43.5 Å². The van der Waals surface area contributed by atoms with Crippen LogP contribution in [0.3, 0.4) is 0 Å².